The SMILES string of the molecule is Cc1ccc2nc(N3CCC[C@@H](O)C3)c(CN(C)Cc3cc(C)no3)cc2c1. The summed E-state index contributed by atoms with van der Waals surface area (Å²) in [6, 6.07) is 10.6. The maximum absolute atomic E-state index is 10.2. The predicted molar refractivity (Wildman–Crippen MR) is 110 cm³/mol. The van der Waals surface area contributed by atoms with E-state index in [1.54, 1.807) is 0 Å². The zero-order valence-electron chi connectivity index (χ0n) is 16.9. The Balaban J connectivity index is 1.66. The molecule has 0 aliphatic carbocycles. The van der Waals surface area contributed by atoms with Gasteiger partial charge in [0.05, 0.1) is 23.9 Å². The van der Waals surface area contributed by atoms with Crippen molar-refractivity contribution in [3.8, 4) is 0 Å². The van der Waals surface area contributed by atoms with Crippen molar-refractivity contribution in [1.29, 1.82) is 0 Å². The first-order valence-corrected chi connectivity index (χ1v) is 9.92. The maximum Gasteiger partial charge on any atom is 0.150 e. The van der Waals surface area contributed by atoms with Crippen molar-refractivity contribution >= 4 is 16.7 Å². The molecule has 6 nitrogen and oxygen atoms in total. The van der Waals surface area contributed by atoms with Gasteiger partial charge >= 0.3 is 0 Å². The van der Waals surface area contributed by atoms with Gasteiger partial charge in [0.2, 0.25) is 0 Å². The number of hydrogen-bond donors (Lipinski definition) is 1. The number of hydrogen-bond acceptors (Lipinski definition) is 6. The highest BCUT2D eigenvalue weighted by atomic mass is 16.5. The van der Waals surface area contributed by atoms with E-state index in [1.165, 1.54) is 11.1 Å². The van der Waals surface area contributed by atoms with Crippen molar-refractivity contribution in [3.05, 3.63) is 52.9 Å². The van der Waals surface area contributed by atoms with Crippen molar-refractivity contribution in [2.24, 2.45) is 0 Å². The fourth-order valence-electron chi connectivity index (χ4n) is 3.97. The molecule has 1 aromatic carbocycles. The number of fused-ring (bicyclic) bond motifs is 1. The summed E-state index contributed by atoms with van der Waals surface area (Å²) in [5.41, 5.74) is 4.30. The summed E-state index contributed by atoms with van der Waals surface area (Å²) in [5.74, 6) is 1.84. The largest absolute Gasteiger partial charge is 0.391 e. The van der Waals surface area contributed by atoms with Crippen LogP contribution in [-0.4, -0.2) is 46.4 Å². The Kier molecular flexibility index (Phi) is 5.33. The Bertz CT molecular complexity index is 968. The summed E-state index contributed by atoms with van der Waals surface area (Å²) in [6.45, 7) is 7.05. The number of piperidine rings is 1. The molecule has 28 heavy (non-hydrogen) atoms. The van der Waals surface area contributed by atoms with E-state index in [0.29, 0.717) is 13.1 Å². The summed E-state index contributed by atoms with van der Waals surface area (Å²) in [7, 11) is 2.08. The van der Waals surface area contributed by atoms with Gasteiger partial charge in [-0.25, -0.2) is 4.98 Å². The van der Waals surface area contributed by atoms with E-state index >= 15 is 0 Å². The summed E-state index contributed by atoms with van der Waals surface area (Å²) in [6.07, 6.45) is 1.57. The third kappa shape index (κ3) is 4.18. The molecule has 148 valence electrons. The molecule has 0 radical (unpaired) electrons. The van der Waals surface area contributed by atoms with E-state index in [1.807, 2.05) is 13.0 Å². The number of nitrogens with zero attached hydrogens (tertiary/aromatic N) is 4. The van der Waals surface area contributed by atoms with Crippen LogP contribution in [-0.2, 0) is 13.1 Å². The number of aliphatic hydroxyl groups excluding tert-OH is 1. The summed E-state index contributed by atoms with van der Waals surface area (Å²) >= 11 is 0. The van der Waals surface area contributed by atoms with Crippen LogP contribution in [0, 0.1) is 13.8 Å². The monoisotopic (exact) mass is 380 g/mol. The van der Waals surface area contributed by atoms with Crippen LogP contribution in [0.4, 0.5) is 5.82 Å². The van der Waals surface area contributed by atoms with E-state index in [-0.39, 0.29) is 6.10 Å². The highest BCUT2D eigenvalue weighted by Gasteiger charge is 2.22. The molecular formula is C22H28N4O2. The molecule has 6 heteroatoms. The second kappa shape index (κ2) is 7.89. The van der Waals surface area contributed by atoms with Crippen LogP contribution < -0.4 is 4.90 Å². The molecule has 0 spiro atoms. The van der Waals surface area contributed by atoms with Crippen LogP contribution in [0.5, 0.6) is 0 Å². The zero-order chi connectivity index (χ0) is 19.7. The zero-order valence-corrected chi connectivity index (χ0v) is 16.9. The minimum atomic E-state index is -0.285. The molecule has 1 N–H and O–H groups in total. The molecule has 1 fully saturated rings. The van der Waals surface area contributed by atoms with Gasteiger partial charge in [0, 0.05) is 36.7 Å². The lowest BCUT2D eigenvalue weighted by Gasteiger charge is -2.33. The van der Waals surface area contributed by atoms with Crippen LogP contribution in [0.2, 0.25) is 0 Å². The van der Waals surface area contributed by atoms with Gasteiger partial charge in [-0.1, -0.05) is 16.8 Å². The van der Waals surface area contributed by atoms with E-state index in [0.717, 1.165) is 54.1 Å². The minimum Gasteiger partial charge on any atom is -0.391 e. The van der Waals surface area contributed by atoms with Gasteiger partial charge in [-0.15, -0.1) is 0 Å². The number of β-amino-alcohol motifs (C(OH)–C–C–N with tert-alkyl or cyclic N) is 1. The number of aryl methyl sites for hydroxylation is 2. The number of anilines is 1. The first kappa shape index (κ1) is 18.9. The average molecular weight is 380 g/mol. The van der Waals surface area contributed by atoms with Gasteiger partial charge in [-0.05, 0) is 51.9 Å². The van der Waals surface area contributed by atoms with Crippen molar-refractivity contribution < 1.29 is 9.63 Å². The van der Waals surface area contributed by atoms with E-state index in [4.69, 9.17) is 9.51 Å². The third-order valence-corrected chi connectivity index (χ3v) is 5.27. The first-order chi connectivity index (χ1) is 13.5. The molecule has 0 amide bonds. The molecule has 1 aliphatic heterocycles. The summed E-state index contributed by atoms with van der Waals surface area (Å²) in [5, 5.41) is 15.3. The number of rotatable bonds is 5. The Morgan fingerprint density at radius 3 is 2.82 bits per heavy atom. The fraction of sp³-hybridized carbons (Fsp3) is 0.455. The van der Waals surface area contributed by atoms with Crippen molar-refractivity contribution in [2.45, 2.75) is 45.9 Å². The molecular weight excluding hydrogens is 352 g/mol. The van der Waals surface area contributed by atoms with Crippen LogP contribution in [0.15, 0.2) is 34.9 Å². The van der Waals surface area contributed by atoms with Crippen LogP contribution in [0.25, 0.3) is 10.9 Å². The molecule has 0 saturated carbocycles. The van der Waals surface area contributed by atoms with Gasteiger partial charge in [-0.3, -0.25) is 4.90 Å². The Morgan fingerprint density at radius 2 is 2.07 bits per heavy atom. The van der Waals surface area contributed by atoms with Crippen LogP contribution in [0.3, 0.4) is 0 Å². The smallest absolute Gasteiger partial charge is 0.150 e. The van der Waals surface area contributed by atoms with Crippen molar-refractivity contribution in [2.75, 3.05) is 25.0 Å². The molecule has 3 aromatic rings. The second-order valence-corrected chi connectivity index (χ2v) is 8.02. The normalized spacial score (nSPS) is 17.6. The maximum atomic E-state index is 10.2. The molecule has 1 saturated heterocycles. The lowest BCUT2D eigenvalue weighted by molar-refractivity contribution is 0.153. The summed E-state index contributed by atoms with van der Waals surface area (Å²) in [4.78, 5) is 9.43. The Labute approximate surface area is 165 Å². The molecule has 1 atom stereocenters. The first-order valence-electron chi connectivity index (χ1n) is 9.92. The Morgan fingerprint density at radius 1 is 1.21 bits per heavy atom. The molecule has 2 aromatic heterocycles. The Hall–Kier alpha value is -2.44. The topological polar surface area (TPSA) is 65.6 Å². The second-order valence-electron chi connectivity index (χ2n) is 8.02. The summed E-state index contributed by atoms with van der Waals surface area (Å²) < 4.78 is 5.37. The number of aromatic nitrogens is 2. The van der Waals surface area contributed by atoms with Crippen LogP contribution in [0.1, 0.15) is 35.4 Å². The van der Waals surface area contributed by atoms with Gasteiger partial charge in [0.15, 0.2) is 5.76 Å². The van der Waals surface area contributed by atoms with Gasteiger partial charge in [-0.2, -0.15) is 0 Å². The van der Waals surface area contributed by atoms with Gasteiger partial charge in [0.25, 0.3) is 0 Å². The molecule has 1 aliphatic rings. The predicted octanol–water partition coefficient (Wildman–Crippen LogP) is 3.43. The third-order valence-electron chi connectivity index (χ3n) is 5.27. The molecule has 0 unspecified atom stereocenters. The lowest BCUT2D eigenvalue weighted by atomic mass is 10.1. The van der Waals surface area contributed by atoms with E-state index in [2.05, 4.69) is 53.2 Å². The van der Waals surface area contributed by atoms with Gasteiger partial charge in [0.1, 0.15) is 5.82 Å². The standard InChI is InChI=1S/C22H28N4O2/c1-15-6-7-21-17(9-15)11-18(12-25(3)14-20-10-16(2)24-28-20)22(23-21)26-8-4-5-19(27)13-26/h6-7,9-11,19,27H,4-5,8,12-14H2,1-3H3/t19-/m1/s1. The quantitative estimate of drug-likeness (QED) is 0.732. The number of pyridine rings is 1. The van der Waals surface area contributed by atoms with Gasteiger partial charge < -0.3 is 14.5 Å². The van der Waals surface area contributed by atoms with Crippen molar-refractivity contribution in [1.82, 2.24) is 15.0 Å². The number of benzene rings is 1. The fourth-order valence-corrected chi connectivity index (χ4v) is 3.97. The molecule has 3 heterocycles. The molecule has 4 rings (SSSR count). The lowest BCUT2D eigenvalue weighted by Crippen LogP contribution is -2.39. The van der Waals surface area contributed by atoms with Crippen molar-refractivity contribution in [3.63, 3.8) is 0 Å². The highest BCUT2D eigenvalue weighted by molar-refractivity contribution is 5.82. The van der Waals surface area contributed by atoms with E-state index < -0.39 is 0 Å². The molecule has 0 bridgehead atoms. The average Bonchev–Trinajstić information content (AvgIpc) is 3.05. The van der Waals surface area contributed by atoms with E-state index in [9.17, 15) is 5.11 Å². The highest BCUT2D eigenvalue weighted by Crippen LogP contribution is 2.28. The van der Waals surface area contributed by atoms with Crippen LogP contribution >= 0.6 is 0 Å². The minimum absolute atomic E-state index is 0.285. The number of aliphatic hydroxyl groups is 1.